The van der Waals surface area contributed by atoms with Crippen LogP contribution in [0.4, 0.5) is 0 Å². The summed E-state index contributed by atoms with van der Waals surface area (Å²) in [7, 11) is -4.47. The SMILES string of the molecule is CCCCCCCCCCCCC(CCCCCCCCCCCC)(CCCCCCCCCCCC)OS(=O)(=O)O. The van der Waals surface area contributed by atoms with Crippen molar-refractivity contribution in [2.24, 2.45) is 0 Å². The lowest BCUT2D eigenvalue weighted by atomic mass is 9.85. The molecular formula is C37H76O4S. The molecule has 0 aromatic carbocycles. The highest BCUT2D eigenvalue weighted by Crippen LogP contribution is 2.34. The summed E-state index contributed by atoms with van der Waals surface area (Å²) in [5.41, 5.74) is -0.728. The van der Waals surface area contributed by atoms with Gasteiger partial charge in [-0.15, -0.1) is 0 Å². The number of hydrogen-bond donors (Lipinski definition) is 1. The first-order valence-electron chi connectivity index (χ1n) is 19.1. The second kappa shape index (κ2) is 30.9. The van der Waals surface area contributed by atoms with E-state index >= 15 is 0 Å². The van der Waals surface area contributed by atoms with Gasteiger partial charge in [0.25, 0.3) is 0 Å². The van der Waals surface area contributed by atoms with E-state index in [2.05, 4.69) is 20.8 Å². The maximum atomic E-state index is 12.0. The van der Waals surface area contributed by atoms with Crippen LogP contribution in [-0.4, -0.2) is 18.6 Å². The largest absolute Gasteiger partial charge is 0.397 e. The average molecular weight is 617 g/mol. The Hall–Kier alpha value is -0.130. The molecule has 42 heavy (non-hydrogen) atoms. The van der Waals surface area contributed by atoms with Crippen molar-refractivity contribution in [2.45, 2.75) is 238 Å². The van der Waals surface area contributed by atoms with Crippen molar-refractivity contribution in [1.29, 1.82) is 0 Å². The van der Waals surface area contributed by atoms with Gasteiger partial charge in [0.05, 0.1) is 5.60 Å². The molecule has 0 atom stereocenters. The maximum Gasteiger partial charge on any atom is 0.397 e. The quantitative estimate of drug-likeness (QED) is 0.0568. The van der Waals surface area contributed by atoms with Crippen molar-refractivity contribution in [3.05, 3.63) is 0 Å². The molecule has 254 valence electrons. The molecule has 0 aliphatic rings. The van der Waals surface area contributed by atoms with E-state index in [1.165, 1.54) is 154 Å². The Bertz CT molecular complexity index is 574. The van der Waals surface area contributed by atoms with Gasteiger partial charge >= 0.3 is 10.4 Å². The zero-order valence-corrected chi connectivity index (χ0v) is 29.7. The maximum absolute atomic E-state index is 12.0. The van der Waals surface area contributed by atoms with Crippen molar-refractivity contribution >= 4 is 10.4 Å². The van der Waals surface area contributed by atoms with Gasteiger partial charge in [-0.25, -0.2) is 4.18 Å². The fraction of sp³-hybridized carbons (Fsp3) is 1.00. The topological polar surface area (TPSA) is 63.6 Å². The van der Waals surface area contributed by atoms with Crippen LogP contribution in [0.25, 0.3) is 0 Å². The molecule has 1 N–H and O–H groups in total. The summed E-state index contributed by atoms with van der Waals surface area (Å²) < 4.78 is 39.4. The molecule has 0 saturated carbocycles. The normalized spacial score (nSPS) is 12.4. The van der Waals surface area contributed by atoms with E-state index in [1.54, 1.807) is 0 Å². The molecule has 0 fully saturated rings. The van der Waals surface area contributed by atoms with Crippen molar-refractivity contribution in [2.75, 3.05) is 0 Å². The van der Waals surface area contributed by atoms with Gasteiger partial charge in [-0.05, 0) is 19.3 Å². The van der Waals surface area contributed by atoms with Crippen LogP contribution in [0.5, 0.6) is 0 Å². The molecule has 0 rings (SSSR count). The summed E-state index contributed by atoms with van der Waals surface area (Å²) in [5, 5.41) is 0. The predicted molar refractivity (Wildman–Crippen MR) is 185 cm³/mol. The highest BCUT2D eigenvalue weighted by Gasteiger charge is 2.34. The van der Waals surface area contributed by atoms with Gasteiger partial charge in [0, 0.05) is 0 Å². The highest BCUT2D eigenvalue weighted by atomic mass is 32.3. The van der Waals surface area contributed by atoms with Gasteiger partial charge in [-0.1, -0.05) is 213 Å². The van der Waals surface area contributed by atoms with Crippen LogP contribution < -0.4 is 0 Å². The molecule has 0 bridgehead atoms. The second-order valence-corrected chi connectivity index (χ2v) is 14.5. The van der Waals surface area contributed by atoms with E-state index in [0.717, 1.165) is 57.8 Å². The minimum Gasteiger partial charge on any atom is -0.264 e. The van der Waals surface area contributed by atoms with Crippen LogP contribution in [-0.2, 0) is 14.6 Å². The highest BCUT2D eigenvalue weighted by molar-refractivity contribution is 7.80. The fourth-order valence-electron chi connectivity index (χ4n) is 6.53. The monoisotopic (exact) mass is 617 g/mol. The summed E-state index contributed by atoms with van der Waals surface area (Å²) in [5.74, 6) is 0. The Morgan fingerprint density at radius 3 is 0.762 bits per heavy atom. The number of rotatable bonds is 35. The first kappa shape index (κ1) is 41.9. The smallest absolute Gasteiger partial charge is 0.264 e. The molecule has 0 spiro atoms. The molecule has 0 unspecified atom stereocenters. The molecule has 0 radical (unpaired) electrons. The summed E-state index contributed by atoms with van der Waals surface area (Å²) in [6.45, 7) is 6.79. The van der Waals surface area contributed by atoms with Crippen molar-refractivity contribution in [1.82, 2.24) is 0 Å². The zero-order valence-electron chi connectivity index (χ0n) is 28.9. The van der Waals surface area contributed by atoms with Gasteiger partial charge in [-0.3, -0.25) is 4.55 Å². The number of unbranched alkanes of at least 4 members (excludes halogenated alkanes) is 27. The van der Waals surface area contributed by atoms with E-state index in [1.807, 2.05) is 0 Å². The standard InChI is InChI=1S/C37H76O4S/c1-4-7-10-13-16-19-22-25-28-31-34-37(41-42(38,39)40,35-32-29-26-23-20-17-14-11-8-5-2)36-33-30-27-24-21-18-15-12-9-6-3/h4-36H2,1-3H3,(H,38,39,40). The van der Waals surface area contributed by atoms with Crippen molar-refractivity contribution in [3.63, 3.8) is 0 Å². The molecule has 0 amide bonds. The van der Waals surface area contributed by atoms with Crippen LogP contribution in [0.1, 0.15) is 233 Å². The van der Waals surface area contributed by atoms with Crippen molar-refractivity contribution in [3.8, 4) is 0 Å². The number of hydrogen-bond acceptors (Lipinski definition) is 3. The van der Waals surface area contributed by atoms with Gasteiger partial charge in [-0.2, -0.15) is 8.42 Å². The average Bonchev–Trinajstić information content (AvgIpc) is 2.95. The fourth-order valence-corrected chi connectivity index (χ4v) is 7.22. The molecule has 0 aliphatic carbocycles. The van der Waals surface area contributed by atoms with Gasteiger partial charge in [0.1, 0.15) is 0 Å². The van der Waals surface area contributed by atoms with Gasteiger partial charge in [0.15, 0.2) is 0 Å². The zero-order chi connectivity index (χ0) is 31.0. The lowest BCUT2D eigenvalue weighted by Gasteiger charge is -2.32. The predicted octanol–water partition coefficient (Wildman–Crippen LogP) is 13.5. The molecule has 0 aromatic rings. The lowest BCUT2D eigenvalue weighted by molar-refractivity contribution is 0.0287. The van der Waals surface area contributed by atoms with Gasteiger partial charge in [0.2, 0.25) is 0 Å². The second-order valence-electron chi connectivity index (χ2n) is 13.5. The van der Waals surface area contributed by atoms with Crippen LogP contribution in [0.2, 0.25) is 0 Å². The van der Waals surface area contributed by atoms with E-state index < -0.39 is 16.0 Å². The summed E-state index contributed by atoms with van der Waals surface area (Å²) in [6, 6.07) is 0. The lowest BCUT2D eigenvalue weighted by Crippen LogP contribution is -2.35. The minimum atomic E-state index is -4.47. The first-order valence-corrected chi connectivity index (χ1v) is 20.4. The molecule has 0 aromatic heterocycles. The van der Waals surface area contributed by atoms with Crippen LogP contribution in [0, 0.1) is 0 Å². The van der Waals surface area contributed by atoms with Crippen LogP contribution in [0.3, 0.4) is 0 Å². The Kier molecular flexibility index (Phi) is 30.8. The summed E-state index contributed by atoms with van der Waals surface area (Å²) in [6.07, 6.45) is 40.1. The molecule has 0 saturated heterocycles. The Balaban J connectivity index is 4.67. The Labute approximate surface area is 265 Å². The Morgan fingerprint density at radius 2 is 0.571 bits per heavy atom. The Morgan fingerprint density at radius 1 is 0.381 bits per heavy atom. The molecule has 0 aliphatic heterocycles. The van der Waals surface area contributed by atoms with Gasteiger partial charge < -0.3 is 0 Å². The van der Waals surface area contributed by atoms with Crippen molar-refractivity contribution < 1.29 is 17.2 Å². The van der Waals surface area contributed by atoms with Crippen LogP contribution in [0.15, 0.2) is 0 Å². The van der Waals surface area contributed by atoms with E-state index in [-0.39, 0.29) is 0 Å². The van der Waals surface area contributed by atoms with E-state index in [0.29, 0.717) is 0 Å². The first-order chi connectivity index (χ1) is 20.4. The molecular weight excluding hydrogens is 540 g/mol. The molecule has 4 nitrogen and oxygen atoms in total. The summed E-state index contributed by atoms with van der Waals surface area (Å²) >= 11 is 0. The minimum absolute atomic E-state index is 0.728. The van der Waals surface area contributed by atoms with E-state index in [4.69, 9.17) is 4.18 Å². The summed E-state index contributed by atoms with van der Waals surface area (Å²) in [4.78, 5) is 0. The third-order valence-electron chi connectivity index (χ3n) is 9.24. The third-order valence-corrected chi connectivity index (χ3v) is 9.80. The molecule has 5 heteroatoms. The van der Waals surface area contributed by atoms with Crippen LogP contribution >= 0.6 is 0 Å². The van der Waals surface area contributed by atoms with E-state index in [9.17, 15) is 13.0 Å². The third kappa shape index (κ3) is 29.9. The molecule has 0 heterocycles.